The predicted octanol–water partition coefficient (Wildman–Crippen LogP) is 3.36. The van der Waals surface area contributed by atoms with E-state index in [2.05, 4.69) is 30.4 Å². The number of hydrogen-bond donors (Lipinski definition) is 3. The Kier molecular flexibility index (Phi) is 3.85. The number of urea groups is 1. The molecular weight excluding hydrogens is 310 g/mol. The number of rotatable bonds is 3. The van der Waals surface area contributed by atoms with Crippen molar-refractivity contribution < 1.29 is 9.59 Å². The molecule has 1 aromatic carbocycles. The molecule has 6 heteroatoms. The largest absolute Gasteiger partial charge is 0.365 e. The number of carbonyl (C=O) groups is 2. The van der Waals surface area contributed by atoms with Crippen molar-refractivity contribution in [1.82, 2.24) is 0 Å². The lowest BCUT2D eigenvalue weighted by molar-refractivity contribution is 0.100. The van der Waals surface area contributed by atoms with Crippen molar-refractivity contribution >= 4 is 28.3 Å². The third-order valence-electron chi connectivity index (χ3n) is 4.33. The minimum absolute atomic E-state index is 0.340. The van der Waals surface area contributed by atoms with Crippen molar-refractivity contribution in [2.45, 2.75) is 32.6 Å². The van der Waals surface area contributed by atoms with Gasteiger partial charge in [0.15, 0.2) is 0 Å². The second-order valence-corrected chi connectivity index (χ2v) is 6.89. The molecule has 0 aliphatic heterocycles. The number of thiophene rings is 1. The lowest BCUT2D eigenvalue weighted by Crippen LogP contribution is -2.22. The number of benzene rings is 1. The molecule has 1 aliphatic rings. The van der Waals surface area contributed by atoms with Gasteiger partial charge in [-0.2, -0.15) is 0 Å². The highest BCUT2D eigenvalue weighted by atomic mass is 32.1. The van der Waals surface area contributed by atoms with Crippen LogP contribution in [0.25, 0.3) is 10.4 Å². The summed E-state index contributed by atoms with van der Waals surface area (Å²) >= 11 is 1.37. The van der Waals surface area contributed by atoms with Gasteiger partial charge in [0, 0.05) is 4.88 Å². The van der Waals surface area contributed by atoms with E-state index in [4.69, 9.17) is 11.5 Å². The third-order valence-corrected chi connectivity index (χ3v) is 5.51. The highest BCUT2D eigenvalue weighted by Gasteiger charge is 2.31. The molecule has 5 nitrogen and oxygen atoms in total. The molecular formula is C17H19N3O2S. The minimum atomic E-state index is -0.692. The Hall–Kier alpha value is -2.34. The molecule has 0 bridgehead atoms. The average Bonchev–Trinajstić information content (AvgIpc) is 2.83. The average molecular weight is 329 g/mol. The highest BCUT2D eigenvalue weighted by molar-refractivity contribution is 7.20. The van der Waals surface area contributed by atoms with E-state index < -0.39 is 11.9 Å². The SMILES string of the molecule is CCC1Cc2c(sc(NC(N)=O)c2C(N)=O)-c2cc(C)ccc21. The lowest BCUT2D eigenvalue weighted by atomic mass is 9.79. The van der Waals surface area contributed by atoms with Crippen LogP contribution in [0.1, 0.15) is 46.3 Å². The minimum Gasteiger partial charge on any atom is -0.365 e. The maximum absolute atomic E-state index is 11.9. The summed E-state index contributed by atoms with van der Waals surface area (Å²) in [5.41, 5.74) is 15.7. The van der Waals surface area contributed by atoms with Crippen LogP contribution in [-0.4, -0.2) is 11.9 Å². The molecule has 5 N–H and O–H groups in total. The maximum atomic E-state index is 11.9. The second-order valence-electron chi connectivity index (χ2n) is 5.87. The van der Waals surface area contributed by atoms with E-state index in [9.17, 15) is 9.59 Å². The molecule has 0 radical (unpaired) electrons. The Labute approximate surface area is 138 Å². The lowest BCUT2D eigenvalue weighted by Gasteiger charge is -2.25. The number of amides is 3. The molecule has 0 spiro atoms. The van der Waals surface area contributed by atoms with Crippen LogP contribution in [0, 0.1) is 6.92 Å². The van der Waals surface area contributed by atoms with Crippen molar-refractivity contribution in [2.75, 3.05) is 5.32 Å². The Bertz CT molecular complexity index is 810. The molecule has 3 amide bonds. The smallest absolute Gasteiger partial charge is 0.317 e. The molecule has 1 aromatic heterocycles. The summed E-state index contributed by atoms with van der Waals surface area (Å²) in [7, 11) is 0. The van der Waals surface area contributed by atoms with E-state index in [-0.39, 0.29) is 0 Å². The van der Waals surface area contributed by atoms with Gasteiger partial charge in [0.25, 0.3) is 5.91 Å². The van der Waals surface area contributed by atoms with Crippen LogP contribution in [0.2, 0.25) is 0 Å². The van der Waals surface area contributed by atoms with E-state index in [1.165, 1.54) is 16.9 Å². The van der Waals surface area contributed by atoms with Crippen LogP contribution in [0.15, 0.2) is 18.2 Å². The molecule has 1 unspecified atom stereocenters. The van der Waals surface area contributed by atoms with Gasteiger partial charge in [-0.1, -0.05) is 30.7 Å². The first-order valence-corrected chi connectivity index (χ1v) is 8.36. The Balaban J connectivity index is 2.26. The quantitative estimate of drug-likeness (QED) is 0.804. The van der Waals surface area contributed by atoms with Gasteiger partial charge in [0.05, 0.1) is 5.56 Å². The van der Waals surface area contributed by atoms with Gasteiger partial charge in [-0.05, 0) is 42.4 Å². The zero-order valence-electron chi connectivity index (χ0n) is 13.1. The number of primary amides is 2. The van der Waals surface area contributed by atoms with Gasteiger partial charge < -0.3 is 11.5 Å². The van der Waals surface area contributed by atoms with Crippen LogP contribution in [-0.2, 0) is 6.42 Å². The summed E-state index contributed by atoms with van der Waals surface area (Å²) in [6.45, 7) is 4.18. The normalized spacial score (nSPS) is 15.7. The number of nitrogens with two attached hydrogens (primary N) is 2. The van der Waals surface area contributed by atoms with Crippen molar-refractivity contribution in [3.05, 3.63) is 40.5 Å². The molecule has 0 fully saturated rings. The van der Waals surface area contributed by atoms with E-state index in [0.29, 0.717) is 16.5 Å². The van der Waals surface area contributed by atoms with Crippen LogP contribution in [0.3, 0.4) is 0 Å². The Morgan fingerprint density at radius 2 is 2.09 bits per heavy atom. The fourth-order valence-electron chi connectivity index (χ4n) is 3.28. The summed E-state index contributed by atoms with van der Waals surface area (Å²) in [5, 5.41) is 2.99. The van der Waals surface area contributed by atoms with Gasteiger partial charge in [-0.3, -0.25) is 10.1 Å². The van der Waals surface area contributed by atoms with E-state index in [1.54, 1.807) is 0 Å². The number of fused-ring (bicyclic) bond motifs is 3. The van der Waals surface area contributed by atoms with Gasteiger partial charge in [0.1, 0.15) is 5.00 Å². The van der Waals surface area contributed by atoms with Gasteiger partial charge >= 0.3 is 6.03 Å². The molecule has 0 saturated heterocycles. The molecule has 1 aliphatic carbocycles. The predicted molar refractivity (Wildman–Crippen MR) is 93.0 cm³/mol. The highest BCUT2D eigenvalue weighted by Crippen LogP contribution is 2.49. The summed E-state index contributed by atoms with van der Waals surface area (Å²) in [4.78, 5) is 24.2. The van der Waals surface area contributed by atoms with Crippen LogP contribution >= 0.6 is 11.3 Å². The van der Waals surface area contributed by atoms with Crippen molar-refractivity contribution in [3.63, 3.8) is 0 Å². The first-order chi connectivity index (χ1) is 10.9. The maximum Gasteiger partial charge on any atom is 0.317 e. The number of carbonyl (C=O) groups excluding carboxylic acids is 2. The van der Waals surface area contributed by atoms with Crippen molar-refractivity contribution in [1.29, 1.82) is 0 Å². The fourth-order valence-corrected chi connectivity index (χ4v) is 4.56. The zero-order chi connectivity index (χ0) is 16.7. The van der Waals surface area contributed by atoms with Crippen molar-refractivity contribution in [2.24, 2.45) is 11.5 Å². The number of nitrogens with one attached hydrogen (secondary N) is 1. The molecule has 23 heavy (non-hydrogen) atoms. The van der Waals surface area contributed by atoms with Crippen molar-refractivity contribution in [3.8, 4) is 10.4 Å². The Morgan fingerprint density at radius 3 is 2.70 bits per heavy atom. The second kappa shape index (κ2) is 5.70. The summed E-state index contributed by atoms with van der Waals surface area (Å²) in [6.07, 6.45) is 1.72. The van der Waals surface area contributed by atoms with Gasteiger partial charge in [-0.15, -0.1) is 11.3 Å². The fraction of sp³-hybridized carbons (Fsp3) is 0.294. The first-order valence-electron chi connectivity index (χ1n) is 7.55. The third kappa shape index (κ3) is 2.59. The molecule has 1 atom stereocenters. The monoisotopic (exact) mass is 329 g/mol. The number of hydrogen-bond acceptors (Lipinski definition) is 3. The van der Waals surface area contributed by atoms with Gasteiger partial charge in [0.2, 0.25) is 0 Å². The van der Waals surface area contributed by atoms with E-state index >= 15 is 0 Å². The molecule has 120 valence electrons. The Morgan fingerprint density at radius 1 is 1.35 bits per heavy atom. The van der Waals surface area contributed by atoms with E-state index in [1.807, 2.05) is 6.92 Å². The van der Waals surface area contributed by atoms with Crippen LogP contribution in [0.4, 0.5) is 9.80 Å². The summed E-state index contributed by atoms with van der Waals surface area (Å²) in [6, 6.07) is 5.71. The topological polar surface area (TPSA) is 98.2 Å². The molecule has 1 heterocycles. The summed E-state index contributed by atoms with van der Waals surface area (Å²) < 4.78 is 0. The number of anilines is 1. The first kappa shape index (κ1) is 15.6. The summed E-state index contributed by atoms with van der Waals surface area (Å²) in [5.74, 6) is -0.190. The number of aryl methyl sites for hydroxylation is 1. The standard InChI is InChI=1S/C17H19N3O2S/c1-3-9-7-12-13(15(18)21)16(20-17(19)22)23-14(12)11-6-8(2)4-5-10(9)11/h4-6,9H,3,7H2,1-2H3,(H2,18,21)(H3,19,20,22). The van der Waals surface area contributed by atoms with Crippen LogP contribution in [0.5, 0.6) is 0 Å². The van der Waals surface area contributed by atoms with E-state index in [0.717, 1.165) is 34.4 Å². The zero-order valence-corrected chi connectivity index (χ0v) is 13.9. The van der Waals surface area contributed by atoms with Gasteiger partial charge in [-0.25, -0.2) is 4.79 Å². The molecule has 0 saturated carbocycles. The molecule has 2 aromatic rings. The molecule has 3 rings (SSSR count). The van der Waals surface area contributed by atoms with Crippen LogP contribution < -0.4 is 16.8 Å².